The van der Waals surface area contributed by atoms with Gasteiger partial charge in [-0.15, -0.1) is 17.5 Å². The Morgan fingerprint density at radius 1 is 1.19 bits per heavy atom. The van der Waals surface area contributed by atoms with Gasteiger partial charge < -0.3 is 15.0 Å². The maximum Gasteiger partial charge on any atom is 0.310 e. The number of carbonyl (C=O) groups is 3. The number of amidine groups is 1. The minimum atomic E-state index is -1.13. The van der Waals surface area contributed by atoms with E-state index in [1.54, 1.807) is 24.3 Å². The number of thioether (sulfide) groups is 1. The molecule has 1 aliphatic carbocycles. The minimum Gasteiger partial charge on any atom is -0.496 e. The van der Waals surface area contributed by atoms with Gasteiger partial charge in [0.05, 0.1) is 7.11 Å². The van der Waals surface area contributed by atoms with E-state index in [2.05, 4.69) is 15.8 Å². The molecule has 2 N–H and O–H groups in total. The number of ether oxygens (including phenoxy) is 1. The Morgan fingerprint density at radius 3 is 2.55 bits per heavy atom. The number of ketones is 1. The van der Waals surface area contributed by atoms with Crippen molar-refractivity contribution in [1.29, 1.82) is 0 Å². The van der Waals surface area contributed by atoms with Crippen molar-refractivity contribution in [2.75, 3.05) is 26.5 Å². The number of para-hydroxylation sites is 1. The average Bonchev–Trinajstić information content (AvgIpc) is 3.20. The van der Waals surface area contributed by atoms with Crippen LogP contribution in [0.2, 0.25) is 0 Å². The number of hydrogen-bond donors (Lipinski definition) is 2. The second kappa shape index (κ2) is 12.0. The van der Waals surface area contributed by atoms with Crippen LogP contribution in [-0.4, -0.2) is 54.1 Å². The van der Waals surface area contributed by atoms with Gasteiger partial charge in [0, 0.05) is 30.8 Å². The van der Waals surface area contributed by atoms with E-state index in [4.69, 9.17) is 4.74 Å². The average molecular weight is 469 g/mol. The van der Waals surface area contributed by atoms with E-state index in [0.717, 1.165) is 44.4 Å². The Labute approximate surface area is 192 Å². The van der Waals surface area contributed by atoms with E-state index in [1.165, 1.54) is 18.9 Å². The summed E-state index contributed by atoms with van der Waals surface area (Å²) in [7, 11) is 3.36. The summed E-state index contributed by atoms with van der Waals surface area (Å²) < 4.78 is 5.37. The van der Waals surface area contributed by atoms with E-state index < -0.39 is 17.7 Å². The Bertz CT molecular complexity index is 829. The fourth-order valence-electron chi connectivity index (χ4n) is 3.70. The van der Waals surface area contributed by atoms with E-state index in [-0.39, 0.29) is 24.2 Å². The summed E-state index contributed by atoms with van der Waals surface area (Å²) in [6, 6.07) is 5.76. The molecule has 170 valence electrons. The number of nitrogens with zero attached hydrogens (tertiary/aromatic N) is 2. The summed E-state index contributed by atoms with van der Waals surface area (Å²) in [6.07, 6.45) is 4.70. The van der Waals surface area contributed by atoms with Gasteiger partial charge in [0.2, 0.25) is 11.7 Å². The first-order chi connectivity index (χ1) is 14.5. The number of hydrogen-bond acceptors (Lipinski definition) is 6. The van der Waals surface area contributed by atoms with Crippen molar-refractivity contribution in [2.24, 2.45) is 11.0 Å². The lowest BCUT2D eigenvalue weighted by atomic mass is 9.88. The molecule has 31 heavy (non-hydrogen) atoms. The third kappa shape index (κ3) is 6.36. The van der Waals surface area contributed by atoms with Crippen LogP contribution in [0, 0.1) is 5.92 Å². The number of Topliss-reactive ketones (excluding diaryl/α,β-unsaturated/α-hetero) is 1. The van der Waals surface area contributed by atoms with Crippen LogP contribution >= 0.6 is 24.2 Å². The SMILES string of the molecule is COc1ccccc1C(NC(=O)C1CCCCC1)C(=O)C(=O)NN=C1SCCN1C.Cl. The molecule has 10 heteroatoms. The summed E-state index contributed by atoms with van der Waals surface area (Å²) in [6.45, 7) is 0.828. The van der Waals surface area contributed by atoms with Gasteiger partial charge in [0.15, 0.2) is 5.17 Å². The number of hydrazone groups is 1. The molecule has 1 heterocycles. The predicted octanol–water partition coefficient (Wildman–Crippen LogP) is 2.49. The number of amides is 2. The van der Waals surface area contributed by atoms with Gasteiger partial charge in [-0.05, 0) is 18.9 Å². The Morgan fingerprint density at radius 2 is 1.90 bits per heavy atom. The van der Waals surface area contributed by atoms with Crippen molar-refractivity contribution in [1.82, 2.24) is 15.6 Å². The molecule has 1 aromatic carbocycles. The molecule has 1 aliphatic heterocycles. The van der Waals surface area contributed by atoms with Gasteiger partial charge in [-0.1, -0.05) is 49.2 Å². The molecule has 1 aromatic rings. The van der Waals surface area contributed by atoms with E-state index >= 15 is 0 Å². The predicted molar refractivity (Wildman–Crippen MR) is 123 cm³/mol. The smallest absolute Gasteiger partial charge is 0.310 e. The first-order valence-electron chi connectivity index (χ1n) is 10.2. The molecular weight excluding hydrogens is 440 g/mol. The lowest BCUT2D eigenvalue weighted by Crippen LogP contribution is -2.43. The lowest BCUT2D eigenvalue weighted by molar-refractivity contribution is -0.140. The second-order valence-corrected chi connectivity index (χ2v) is 8.55. The number of methoxy groups -OCH3 is 1. The van der Waals surface area contributed by atoms with Crippen LogP contribution in [0.15, 0.2) is 29.4 Å². The minimum absolute atomic E-state index is 0. The fourth-order valence-corrected chi connectivity index (χ4v) is 4.67. The zero-order chi connectivity index (χ0) is 21.5. The highest BCUT2D eigenvalue weighted by Crippen LogP contribution is 2.28. The van der Waals surface area contributed by atoms with Gasteiger partial charge in [-0.25, -0.2) is 5.43 Å². The zero-order valence-corrected chi connectivity index (χ0v) is 19.4. The normalized spacial score (nSPS) is 18.8. The molecule has 0 aromatic heterocycles. The van der Waals surface area contributed by atoms with Crippen molar-refractivity contribution in [3.8, 4) is 5.75 Å². The van der Waals surface area contributed by atoms with Gasteiger partial charge in [-0.2, -0.15) is 0 Å². The molecule has 2 amide bonds. The highest BCUT2D eigenvalue weighted by molar-refractivity contribution is 8.14. The van der Waals surface area contributed by atoms with E-state index in [0.29, 0.717) is 16.5 Å². The Kier molecular flexibility index (Phi) is 9.64. The van der Waals surface area contributed by atoms with Crippen LogP contribution in [0.25, 0.3) is 0 Å². The van der Waals surface area contributed by atoms with Gasteiger partial charge >= 0.3 is 5.91 Å². The number of rotatable bonds is 7. The molecular formula is C21H29ClN4O4S. The second-order valence-electron chi connectivity index (χ2n) is 7.49. The Hall–Kier alpha value is -2.26. The highest BCUT2D eigenvalue weighted by Gasteiger charge is 2.33. The van der Waals surface area contributed by atoms with Gasteiger partial charge in [0.25, 0.3) is 0 Å². The molecule has 3 rings (SSSR count). The first-order valence-corrected chi connectivity index (χ1v) is 11.2. The monoisotopic (exact) mass is 468 g/mol. The summed E-state index contributed by atoms with van der Waals surface area (Å²) in [4.78, 5) is 40.4. The summed E-state index contributed by atoms with van der Waals surface area (Å²) in [5.41, 5.74) is 2.79. The van der Waals surface area contributed by atoms with Crippen LogP contribution < -0.4 is 15.5 Å². The fraction of sp³-hybridized carbons (Fsp3) is 0.524. The van der Waals surface area contributed by atoms with Crippen molar-refractivity contribution >= 4 is 46.9 Å². The molecule has 1 saturated carbocycles. The molecule has 2 fully saturated rings. The standard InChI is InChI=1S/C21H28N4O4S.ClH/c1-25-12-13-30-21(25)24-23-20(28)18(26)17(15-10-6-7-11-16(15)29-2)22-19(27)14-8-4-3-5-9-14;/h6-7,10-11,14,17H,3-5,8-9,12-13H2,1-2H3,(H,22,27)(H,23,28);1H. The third-order valence-electron chi connectivity index (χ3n) is 5.44. The molecule has 1 saturated heterocycles. The molecule has 1 atom stereocenters. The van der Waals surface area contributed by atoms with E-state index in [9.17, 15) is 14.4 Å². The first kappa shape index (κ1) is 25.0. The quantitative estimate of drug-likeness (QED) is 0.471. The van der Waals surface area contributed by atoms with Gasteiger partial charge in [-0.3, -0.25) is 14.4 Å². The van der Waals surface area contributed by atoms with Crippen LogP contribution in [-0.2, 0) is 14.4 Å². The van der Waals surface area contributed by atoms with Crippen molar-refractivity contribution in [3.63, 3.8) is 0 Å². The van der Waals surface area contributed by atoms with Crippen LogP contribution in [0.5, 0.6) is 5.75 Å². The van der Waals surface area contributed by atoms with Gasteiger partial charge in [0.1, 0.15) is 11.8 Å². The molecule has 0 radical (unpaired) electrons. The largest absolute Gasteiger partial charge is 0.496 e. The Balaban J connectivity index is 0.00000341. The molecule has 0 bridgehead atoms. The topological polar surface area (TPSA) is 100 Å². The zero-order valence-electron chi connectivity index (χ0n) is 17.8. The third-order valence-corrected chi connectivity index (χ3v) is 6.48. The maximum absolute atomic E-state index is 13.0. The number of benzene rings is 1. The van der Waals surface area contributed by atoms with Crippen molar-refractivity contribution in [3.05, 3.63) is 29.8 Å². The van der Waals surface area contributed by atoms with Crippen LogP contribution in [0.1, 0.15) is 43.7 Å². The highest BCUT2D eigenvalue weighted by atomic mass is 35.5. The number of carbonyl (C=O) groups excluding carboxylic acids is 3. The summed E-state index contributed by atoms with van der Waals surface area (Å²) in [5, 5.41) is 7.51. The van der Waals surface area contributed by atoms with Crippen molar-refractivity contribution < 1.29 is 19.1 Å². The molecule has 2 aliphatic rings. The number of nitrogens with one attached hydrogen (secondary N) is 2. The maximum atomic E-state index is 13.0. The lowest BCUT2D eigenvalue weighted by Gasteiger charge is -2.25. The van der Waals surface area contributed by atoms with Crippen LogP contribution in [0.4, 0.5) is 0 Å². The molecule has 0 spiro atoms. The van der Waals surface area contributed by atoms with E-state index in [1.807, 2.05) is 11.9 Å². The summed E-state index contributed by atoms with van der Waals surface area (Å²) in [5.74, 6) is -0.688. The van der Waals surface area contributed by atoms with Crippen molar-refractivity contribution in [2.45, 2.75) is 38.1 Å². The number of halogens is 1. The summed E-state index contributed by atoms with van der Waals surface area (Å²) >= 11 is 1.50. The molecule has 1 unspecified atom stereocenters. The molecule has 8 nitrogen and oxygen atoms in total. The van der Waals surface area contributed by atoms with Crippen LogP contribution in [0.3, 0.4) is 0 Å².